The third-order valence-corrected chi connectivity index (χ3v) is 5.28. The van der Waals surface area contributed by atoms with E-state index in [2.05, 4.69) is 44.3 Å². The number of aryl methyl sites for hydroxylation is 2. The van der Waals surface area contributed by atoms with E-state index in [1.54, 1.807) is 4.88 Å². The van der Waals surface area contributed by atoms with Crippen molar-refractivity contribution in [3.8, 4) is 0 Å². The van der Waals surface area contributed by atoms with Crippen molar-refractivity contribution in [2.45, 2.75) is 45.6 Å². The van der Waals surface area contributed by atoms with Gasteiger partial charge in [0.1, 0.15) is 0 Å². The standard InChI is InChI=1S/C16H21NS/c1-10-6-11(2)14-9-15(18-16(14)7-10)13-4-5-17-12(3)8-13/h6-7,9,12-13,17H,4-5,8H2,1-3H3/t12-,13-/m0/s1. The van der Waals surface area contributed by atoms with Gasteiger partial charge in [-0.25, -0.2) is 0 Å². The summed E-state index contributed by atoms with van der Waals surface area (Å²) < 4.78 is 1.47. The normalized spacial score (nSPS) is 24.6. The van der Waals surface area contributed by atoms with Crippen LogP contribution in [0.5, 0.6) is 0 Å². The summed E-state index contributed by atoms with van der Waals surface area (Å²) >= 11 is 2.01. The van der Waals surface area contributed by atoms with Crippen molar-refractivity contribution in [1.29, 1.82) is 0 Å². The van der Waals surface area contributed by atoms with Crippen molar-refractivity contribution < 1.29 is 0 Å². The van der Waals surface area contributed by atoms with E-state index in [-0.39, 0.29) is 0 Å². The molecule has 0 radical (unpaired) electrons. The summed E-state index contributed by atoms with van der Waals surface area (Å²) in [4.78, 5) is 1.59. The van der Waals surface area contributed by atoms with E-state index in [0.29, 0.717) is 6.04 Å². The fourth-order valence-corrected chi connectivity index (χ4v) is 4.49. The zero-order chi connectivity index (χ0) is 12.7. The molecule has 1 aromatic heterocycles. The zero-order valence-electron chi connectivity index (χ0n) is 11.4. The van der Waals surface area contributed by atoms with Crippen LogP contribution in [0.4, 0.5) is 0 Å². The maximum Gasteiger partial charge on any atom is 0.0351 e. The molecular formula is C16H21NS. The predicted octanol–water partition coefficient (Wildman–Crippen LogP) is 4.37. The number of hydrogen-bond acceptors (Lipinski definition) is 2. The minimum absolute atomic E-state index is 0.664. The molecule has 1 aliphatic heterocycles. The number of thiophene rings is 1. The first kappa shape index (κ1) is 12.2. The van der Waals surface area contributed by atoms with Crippen molar-refractivity contribution in [2.24, 2.45) is 0 Å². The fraction of sp³-hybridized carbons (Fsp3) is 0.500. The SMILES string of the molecule is Cc1cc(C)c2cc([C@H]3CCN[C@@H](C)C3)sc2c1. The van der Waals surface area contributed by atoms with Gasteiger partial charge in [-0.2, -0.15) is 0 Å². The van der Waals surface area contributed by atoms with E-state index in [0.717, 1.165) is 12.5 Å². The molecule has 0 saturated carbocycles. The van der Waals surface area contributed by atoms with Crippen molar-refractivity contribution in [3.63, 3.8) is 0 Å². The number of hydrogen-bond donors (Lipinski definition) is 1. The van der Waals surface area contributed by atoms with E-state index in [9.17, 15) is 0 Å². The van der Waals surface area contributed by atoms with E-state index in [1.807, 2.05) is 11.3 Å². The summed E-state index contributed by atoms with van der Waals surface area (Å²) in [6.45, 7) is 7.89. The highest BCUT2D eigenvalue weighted by Crippen LogP contribution is 2.37. The monoisotopic (exact) mass is 259 g/mol. The molecule has 1 saturated heterocycles. The van der Waals surface area contributed by atoms with Gasteiger partial charge < -0.3 is 5.32 Å². The maximum absolute atomic E-state index is 3.54. The molecule has 2 heteroatoms. The molecule has 1 nitrogen and oxygen atoms in total. The van der Waals surface area contributed by atoms with Gasteiger partial charge in [0, 0.05) is 15.6 Å². The highest BCUT2D eigenvalue weighted by Gasteiger charge is 2.21. The molecule has 0 bridgehead atoms. The lowest BCUT2D eigenvalue weighted by Crippen LogP contribution is -2.34. The van der Waals surface area contributed by atoms with Crippen LogP contribution >= 0.6 is 11.3 Å². The van der Waals surface area contributed by atoms with Crippen molar-refractivity contribution >= 4 is 21.4 Å². The molecule has 1 fully saturated rings. The lowest BCUT2D eigenvalue weighted by molar-refractivity contribution is 0.384. The minimum Gasteiger partial charge on any atom is -0.314 e. The average molecular weight is 259 g/mol. The Kier molecular flexibility index (Phi) is 3.16. The molecule has 2 atom stereocenters. The van der Waals surface area contributed by atoms with E-state index in [1.165, 1.54) is 34.1 Å². The van der Waals surface area contributed by atoms with Crippen LogP contribution in [0.25, 0.3) is 10.1 Å². The molecule has 0 spiro atoms. The second kappa shape index (κ2) is 4.67. The number of nitrogens with one attached hydrogen (secondary N) is 1. The maximum atomic E-state index is 3.54. The second-order valence-corrected chi connectivity index (χ2v) is 6.83. The Bertz CT molecular complexity index is 570. The lowest BCUT2D eigenvalue weighted by atomic mass is 9.91. The molecule has 2 aromatic rings. The largest absolute Gasteiger partial charge is 0.314 e. The van der Waals surface area contributed by atoms with Gasteiger partial charge in [-0.3, -0.25) is 0 Å². The highest BCUT2D eigenvalue weighted by molar-refractivity contribution is 7.19. The Morgan fingerprint density at radius 3 is 2.83 bits per heavy atom. The van der Waals surface area contributed by atoms with Gasteiger partial charge >= 0.3 is 0 Å². The number of piperidine rings is 1. The fourth-order valence-electron chi connectivity index (χ4n) is 3.10. The average Bonchev–Trinajstić information content (AvgIpc) is 2.73. The highest BCUT2D eigenvalue weighted by atomic mass is 32.1. The first-order valence-corrected chi connectivity index (χ1v) is 7.69. The van der Waals surface area contributed by atoms with Crippen LogP contribution in [-0.2, 0) is 0 Å². The van der Waals surface area contributed by atoms with Crippen LogP contribution in [0.2, 0.25) is 0 Å². The smallest absolute Gasteiger partial charge is 0.0351 e. The Labute approximate surface area is 113 Å². The molecule has 0 unspecified atom stereocenters. The van der Waals surface area contributed by atoms with Crippen LogP contribution in [0.15, 0.2) is 18.2 Å². The zero-order valence-corrected chi connectivity index (χ0v) is 12.2. The van der Waals surface area contributed by atoms with Gasteiger partial charge in [0.05, 0.1) is 0 Å². The molecular weight excluding hydrogens is 238 g/mol. The number of rotatable bonds is 1. The van der Waals surface area contributed by atoms with Gasteiger partial charge in [-0.05, 0) is 74.7 Å². The lowest BCUT2D eigenvalue weighted by Gasteiger charge is -2.27. The van der Waals surface area contributed by atoms with E-state index < -0.39 is 0 Å². The van der Waals surface area contributed by atoms with Gasteiger partial charge in [0.15, 0.2) is 0 Å². The number of fused-ring (bicyclic) bond motifs is 1. The van der Waals surface area contributed by atoms with Crippen LogP contribution < -0.4 is 5.32 Å². The topological polar surface area (TPSA) is 12.0 Å². The van der Waals surface area contributed by atoms with Crippen molar-refractivity contribution in [1.82, 2.24) is 5.32 Å². The van der Waals surface area contributed by atoms with Gasteiger partial charge in [0.25, 0.3) is 0 Å². The molecule has 3 rings (SSSR count). The first-order valence-electron chi connectivity index (χ1n) is 6.87. The Morgan fingerprint density at radius 2 is 2.06 bits per heavy atom. The van der Waals surface area contributed by atoms with Crippen LogP contribution in [0.3, 0.4) is 0 Å². The van der Waals surface area contributed by atoms with Gasteiger partial charge in [0.2, 0.25) is 0 Å². The molecule has 0 aliphatic carbocycles. The minimum atomic E-state index is 0.664. The molecule has 0 amide bonds. The molecule has 1 aromatic carbocycles. The quantitative estimate of drug-likeness (QED) is 0.801. The summed E-state index contributed by atoms with van der Waals surface area (Å²) in [5.74, 6) is 0.762. The number of benzene rings is 1. The van der Waals surface area contributed by atoms with Crippen LogP contribution in [0, 0.1) is 13.8 Å². The third kappa shape index (κ3) is 2.19. The Morgan fingerprint density at radius 1 is 1.22 bits per heavy atom. The van der Waals surface area contributed by atoms with Crippen LogP contribution in [0.1, 0.15) is 41.7 Å². The van der Waals surface area contributed by atoms with Crippen LogP contribution in [-0.4, -0.2) is 12.6 Å². The van der Waals surface area contributed by atoms with Crippen molar-refractivity contribution in [2.75, 3.05) is 6.54 Å². The van der Waals surface area contributed by atoms with Crippen molar-refractivity contribution in [3.05, 3.63) is 34.2 Å². The molecule has 96 valence electrons. The summed E-state index contributed by atoms with van der Waals surface area (Å²) in [6.07, 6.45) is 2.57. The Balaban J connectivity index is 2.00. The summed E-state index contributed by atoms with van der Waals surface area (Å²) in [5.41, 5.74) is 2.81. The Hall–Kier alpha value is -0.860. The summed E-state index contributed by atoms with van der Waals surface area (Å²) in [6, 6.07) is 7.74. The summed E-state index contributed by atoms with van der Waals surface area (Å²) in [7, 11) is 0. The van der Waals surface area contributed by atoms with Gasteiger partial charge in [-0.1, -0.05) is 6.07 Å². The molecule has 2 heterocycles. The molecule has 1 N–H and O–H groups in total. The predicted molar refractivity (Wildman–Crippen MR) is 80.7 cm³/mol. The van der Waals surface area contributed by atoms with E-state index >= 15 is 0 Å². The summed E-state index contributed by atoms with van der Waals surface area (Å²) in [5, 5.41) is 5.01. The van der Waals surface area contributed by atoms with Gasteiger partial charge in [-0.15, -0.1) is 11.3 Å². The molecule has 1 aliphatic rings. The first-order chi connectivity index (χ1) is 8.63. The van der Waals surface area contributed by atoms with E-state index in [4.69, 9.17) is 0 Å². The molecule has 18 heavy (non-hydrogen) atoms. The second-order valence-electron chi connectivity index (χ2n) is 5.72. The third-order valence-electron chi connectivity index (χ3n) is 4.03.